The van der Waals surface area contributed by atoms with Crippen LogP contribution >= 0.6 is 11.3 Å². The van der Waals surface area contributed by atoms with E-state index in [-0.39, 0.29) is 5.91 Å². The van der Waals surface area contributed by atoms with E-state index in [1.807, 2.05) is 6.07 Å². The van der Waals surface area contributed by atoms with Crippen LogP contribution in [0.2, 0.25) is 0 Å². The SMILES string of the molecule is Cc1cc(C)c2nc(NC(=O)Cc3ccc(C)c(C)c3)sc2c1. The Morgan fingerprint density at radius 1 is 1.04 bits per heavy atom. The quantitative estimate of drug-likeness (QED) is 0.758. The molecular formula is C19H20N2OS. The monoisotopic (exact) mass is 324 g/mol. The Morgan fingerprint density at radius 2 is 1.83 bits per heavy atom. The minimum atomic E-state index is -0.0262. The van der Waals surface area contributed by atoms with E-state index in [9.17, 15) is 4.79 Å². The lowest BCUT2D eigenvalue weighted by atomic mass is 10.0. The van der Waals surface area contributed by atoms with Gasteiger partial charge >= 0.3 is 0 Å². The van der Waals surface area contributed by atoms with Gasteiger partial charge in [-0.1, -0.05) is 35.6 Å². The highest BCUT2D eigenvalue weighted by atomic mass is 32.1. The molecule has 3 aromatic rings. The lowest BCUT2D eigenvalue weighted by Crippen LogP contribution is -2.14. The molecule has 0 aliphatic carbocycles. The third-order valence-electron chi connectivity index (χ3n) is 4.01. The van der Waals surface area contributed by atoms with Crippen LogP contribution in [-0.2, 0) is 11.2 Å². The summed E-state index contributed by atoms with van der Waals surface area (Å²) in [6, 6.07) is 10.4. The van der Waals surface area contributed by atoms with Crippen LogP contribution in [0.15, 0.2) is 30.3 Å². The second-order valence-electron chi connectivity index (χ2n) is 6.09. The van der Waals surface area contributed by atoms with E-state index < -0.39 is 0 Å². The van der Waals surface area contributed by atoms with Crippen molar-refractivity contribution < 1.29 is 4.79 Å². The molecule has 0 aliphatic heterocycles. The van der Waals surface area contributed by atoms with Crippen molar-refractivity contribution in [3.05, 3.63) is 58.1 Å². The molecule has 0 saturated heterocycles. The number of nitrogens with one attached hydrogen (secondary N) is 1. The molecule has 1 aromatic heterocycles. The Labute approximate surface area is 140 Å². The Hall–Kier alpha value is -2.20. The van der Waals surface area contributed by atoms with Gasteiger partial charge in [-0.05, 0) is 61.6 Å². The molecule has 1 heterocycles. The summed E-state index contributed by atoms with van der Waals surface area (Å²) in [5.41, 5.74) is 6.81. The van der Waals surface area contributed by atoms with Gasteiger partial charge in [0.1, 0.15) is 0 Å². The van der Waals surface area contributed by atoms with Crippen LogP contribution in [0.1, 0.15) is 27.8 Å². The lowest BCUT2D eigenvalue weighted by molar-refractivity contribution is -0.115. The van der Waals surface area contributed by atoms with Crippen molar-refractivity contribution in [3.63, 3.8) is 0 Å². The molecule has 2 aromatic carbocycles. The first kappa shape index (κ1) is 15.7. The first-order chi connectivity index (χ1) is 10.9. The van der Waals surface area contributed by atoms with Crippen molar-refractivity contribution in [3.8, 4) is 0 Å². The Bertz CT molecular complexity index is 896. The van der Waals surface area contributed by atoms with E-state index >= 15 is 0 Å². The maximum atomic E-state index is 12.3. The van der Waals surface area contributed by atoms with E-state index in [0.29, 0.717) is 11.6 Å². The number of aryl methyl sites for hydroxylation is 4. The number of hydrogen-bond acceptors (Lipinski definition) is 3. The number of fused-ring (bicyclic) bond motifs is 1. The summed E-state index contributed by atoms with van der Waals surface area (Å²) >= 11 is 1.53. The maximum Gasteiger partial charge on any atom is 0.230 e. The predicted molar refractivity (Wildman–Crippen MR) is 97.3 cm³/mol. The minimum absolute atomic E-state index is 0.0262. The number of aromatic nitrogens is 1. The zero-order valence-electron chi connectivity index (χ0n) is 13.9. The smallest absolute Gasteiger partial charge is 0.230 e. The van der Waals surface area contributed by atoms with Gasteiger partial charge < -0.3 is 5.32 Å². The van der Waals surface area contributed by atoms with E-state index in [1.165, 1.54) is 28.0 Å². The Balaban J connectivity index is 1.77. The van der Waals surface area contributed by atoms with Gasteiger partial charge in [-0.25, -0.2) is 4.98 Å². The lowest BCUT2D eigenvalue weighted by Gasteiger charge is -2.05. The van der Waals surface area contributed by atoms with E-state index in [4.69, 9.17) is 0 Å². The fraction of sp³-hybridized carbons (Fsp3) is 0.263. The zero-order valence-corrected chi connectivity index (χ0v) is 14.7. The van der Waals surface area contributed by atoms with Crippen LogP contribution in [-0.4, -0.2) is 10.9 Å². The van der Waals surface area contributed by atoms with Gasteiger partial charge in [0.05, 0.1) is 16.6 Å². The zero-order chi connectivity index (χ0) is 16.6. The summed E-state index contributed by atoms with van der Waals surface area (Å²) in [7, 11) is 0. The topological polar surface area (TPSA) is 42.0 Å². The second kappa shape index (κ2) is 6.13. The van der Waals surface area contributed by atoms with Gasteiger partial charge in [-0.15, -0.1) is 0 Å². The second-order valence-corrected chi connectivity index (χ2v) is 7.12. The fourth-order valence-corrected chi connectivity index (χ4v) is 3.74. The number of anilines is 1. The molecule has 0 radical (unpaired) electrons. The number of benzene rings is 2. The summed E-state index contributed by atoms with van der Waals surface area (Å²) in [5, 5.41) is 3.60. The summed E-state index contributed by atoms with van der Waals surface area (Å²) in [4.78, 5) is 16.8. The summed E-state index contributed by atoms with van der Waals surface area (Å²) in [6.45, 7) is 8.26. The molecule has 4 heteroatoms. The van der Waals surface area contributed by atoms with Crippen molar-refractivity contribution in [1.82, 2.24) is 4.98 Å². The Morgan fingerprint density at radius 3 is 2.57 bits per heavy atom. The number of nitrogens with zero attached hydrogens (tertiary/aromatic N) is 1. The molecule has 23 heavy (non-hydrogen) atoms. The van der Waals surface area contributed by atoms with Gasteiger partial charge in [-0.3, -0.25) is 4.79 Å². The van der Waals surface area contributed by atoms with Crippen LogP contribution in [0.5, 0.6) is 0 Å². The first-order valence-electron chi connectivity index (χ1n) is 7.66. The number of amides is 1. The molecular weight excluding hydrogens is 304 g/mol. The molecule has 0 fully saturated rings. The van der Waals surface area contributed by atoms with E-state index in [0.717, 1.165) is 21.3 Å². The Kier molecular flexibility index (Phi) is 4.18. The van der Waals surface area contributed by atoms with Gasteiger partial charge in [0, 0.05) is 0 Å². The van der Waals surface area contributed by atoms with Crippen LogP contribution in [0, 0.1) is 27.7 Å². The molecule has 0 spiro atoms. The van der Waals surface area contributed by atoms with Crippen molar-refractivity contribution >= 4 is 32.6 Å². The molecule has 0 unspecified atom stereocenters. The van der Waals surface area contributed by atoms with Crippen molar-refractivity contribution in [1.29, 1.82) is 0 Å². The van der Waals surface area contributed by atoms with Crippen LogP contribution in [0.3, 0.4) is 0 Å². The maximum absolute atomic E-state index is 12.3. The number of thiazole rings is 1. The van der Waals surface area contributed by atoms with E-state index in [2.05, 4.69) is 62.3 Å². The molecule has 0 saturated carbocycles. The highest BCUT2D eigenvalue weighted by Crippen LogP contribution is 2.29. The standard InChI is InChI=1S/C19H20N2OS/c1-11-7-14(4)18-16(8-11)23-19(21-18)20-17(22)10-15-6-5-12(2)13(3)9-15/h5-9H,10H2,1-4H3,(H,20,21,22). The van der Waals surface area contributed by atoms with Crippen molar-refractivity contribution in [2.24, 2.45) is 0 Å². The first-order valence-corrected chi connectivity index (χ1v) is 8.48. The third-order valence-corrected chi connectivity index (χ3v) is 4.93. The largest absolute Gasteiger partial charge is 0.302 e. The van der Waals surface area contributed by atoms with Crippen LogP contribution < -0.4 is 5.32 Å². The molecule has 1 N–H and O–H groups in total. The van der Waals surface area contributed by atoms with Crippen LogP contribution in [0.4, 0.5) is 5.13 Å². The van der Waals surface area contributed by atoms with Crippen molar-refractivity contribution in [2.45, 2.75) is 34.1 Å². The molecule has 3 rings (SSSR count). The molecule has 0 bridgehead atoms. The number of carbonyl (C=O) groups excluding carboxylic acids is 1. The van der Waals surface area contributed by atoms with Crippen molar-refractivity contribution in [2.75, 3.05) is 5.32 Å². The highest BCUT2D eigenvalue weighted by molar-refractivity contribution is 7.22. The minimum Gasteiger partial charge on any atom is -0.302 e. The highest BCUT2D eigenvalue weighted by Gasteiger charge is 2.11. The predicted octanol–water partition coefficient (Wildman–Crippen LogP) is 4.71. The third kappa shape index (κ3) is 3.42. The molecule has 0 atom stereocenters. The number of carbonyl (C=O) groups is 1. The summed E-state index contributed by atoms with van der Waals surface area (Å²) in [5.74, 6) is -0.0262. The average Bonchev–Trinajstić information content (AvgIpc) is 2.85. The van der Waals surface area contributed by atoms with E-state index in [1.54, 1.807) is 0 Å². The fourth-order valence-electron chi connectivity index (χ4n) is 2.69. The molecule has 1 amide bonds. The molecule has 3 nitrogen and oxygen atoms in total. The number of rotatable bonds is 3. The summed E-state index contributed by atoms with van der Waals surface area (Å²) in [6.07, 6.45) is 0.370. The molecule has 118 valence electrons. The van der Waals surface area contributed by atoms with Crippen LogP contribution in [0.25, 0.3) is 10.2 Å². The van der Waals surface area contributed by atoms with Gasteiger partial charge in [0.15, 0.2) is 5.13 Å². The number of hydrogen-bond donors (Lipinski definition) is 1. The van der Waals surface area contributed by atoms with Gasteiger partial charge in [0.2, 0.25) is 5.91 Å². The van der Waals surface area contributed by atoms with Gasteiger partial charge in [0.25, 0.3) is 0 Å². The summed E-state index contributed by atoms with van der Waals surface area (Å²) < 4.78 is 1.11. The average molecular weight is 324 g/mol. The normalized spacial score (nSPS) is 11.0. The van der Waals surface area contributed by atoms with Gasteiger partial charge in [-0.2, -0.15) is 0 Å². The molecule has 0 aliphatic rings.